The quantitative estimate of drug-likeness (QED) is 0.0262. The number of hydrogen-bond acceptors (Lipinski definition) is 6. The predicted octanol–water partition coefficient (Wildman–Crippen LogP) is 18.2. The third-order valence-corrected chi connectivity index (χ3v) is 11.6. The fraction of sp³-hybridized carbons (Fsp3) is 0.746. The fourth-order valence-electron chi connectivity index (χ4n) is 7.48. The summed E-state index contributed by atoms with van der Waals surface area (Å²) < 4.78 is 16.8. The van der Waals surface area contributed by atoms with E-state index >= 15 is 0 Å². The summed E-state index contributed by atoms with van der Waals surface area (Å²) in [5, 5.41) is 0. The van der Waals surface area contributed by atoms with Gasteiger partial charge in [-0.1, -0.05) is 209 Å². The molecular weight excluding hydrogens is 805 g/mol. The van der Waals surface area contributed by atoms with Gasteiger partial charge in [0.1, 0.15) is 13.2 Å². The van der Waals surface area contributed by atoms with Crippen LogP contribution in [0.3, 0.4) is 0 Å². The van der Waals surface area contributed by atoms with Crippen molar-refractivity contribution in [1.29, 1.82) is 0 Å². The molecule has 0 bridgehead atoms. The van der Waals surface area contributed by atoms with E-state index in [2.05, 4.69) is 93.7 Å². The molecule has 0 rings (SSSR count). The van der Waals surface area contributed by atoms with Crippen LogP contribution in [-0.2, 0) is 28.6 Å². The fourth-order valence-corrected chi connectivity index (χ4v) is 7.48. The average molecular weight is 907 g/mol. The number of rotatable bonds is 49. The zero-order valence-corrected chi connectivity index (χ0v) is 42.7. The predicted molar refractivity (Wildman–Crippen MR) is 279 cm³/mol. The molecule has 0 saturated carbocycles. The minimum absolute atomic E-state index is 0.0899. The van der Waals surface area contributed by atoms with Crippen molar-refractivity contribution in [3.63, 3.8) is 0 Å². The van der Waals surface area contributed by atoms with Gasteiger partial charge < -0.3 is 14.2 Å². The Bertz CT molecular complexity index is 1230. The summed E-state index contributed by atoms with van der Waals surface area (Å²) in [5.41, 5.74) is 0. The van der Waals surface area contributed by atoms with E-state index < -0.39 is 6.10 Å². The lowest BCUT2D eigenvalue weighted by Gasteiger charge is -2.18. The second-order valence-corrected chi connectivity index (χ2v) is 18.1. The van der Waals surface area contributed by atoms with Crippen LogP contribution in [-0.4, -0.2) is 37.2 Å². The van der Waals surface area contributed by atoms with E-state index in [0.29, 0.717) is 19.3 Å². The van der Waals surface area contributed by atoms with E-state index in [-0.39, 0.29) is 31.1 Å². The summed E-state index contributed by atoms with van der Waals surface area (Å²) in [6.07, 6.45) is 67.4. The highest BCUT2D eigenvalue weighted by Gasteiger charge is 2.19. The highest BCUT2D eigenvalue weighted by atomic mass is 16.6. The molecule has 0 spiro atoms. The number of hydrogen-bond donors (Lipinski definition) is 0. The lowest BCUT2D eigenvalue weighted by atomic mass is 10.1. The van der Waals surface area contributed by atoms with Gasteiger partial charge in [-0.25, -0.2) is 0 Å². The van der Waals surface area contributed by atoms with Crippen LogP contribution >= 0.6 is 0 Å². The van der Waals surface area contributed by atoms with Crippen LogP contribution in [0.1, 0.15) is 265 Å². The Morgan fingerprint density at radius 3 is 0.908 bits per heavy atom. The number of carbonyl (C=O) groups is 3. The number of allylic oxidation sites excluding steroid dienone is 12. The van der Waals surface area contributed by atoms with Gasteiger partial charge in [-0.15, -0.1) is 0 Å². The van der Waals surface area contributed by atoms with Crippen molar-refractivity contribution in [2.24, 2.45) is 0 Å². The van der Waals surface area contributed by atoms with Gasteiger partial charge in [-0.3, -0.25) is 14.4 Å². The standard InChI is InChI=1S/C59H102O6/c1-4-7-10-13-16-19-22-25-27-29-30-32-34-37-40-43-46-49-52-58(61)64-55-56(54-63-57(60)51-48-45-42-39-36-33-24-21-18-15-12-9-6-3)65-59(62)53-50-47-44-41-38-35-31-28-26-23-20-17-14-11-8-5-2/h12,15,19-24,27-29,31,56H,4-11,13-14,16-18,25-26,30,32-55H2,1-3H3/b15-12-,22-19-,23-20-,24-21-,29-27-,31-28-. The third-order valence-electron chi connectivity index (χ3n) is 11.6. The van der Waals surface area contributed by atoms with Crippen LogP contribution in [0.5, 0.6) is 0 Å². The normalized spacial score (nSPS) is 12.6. The average Bonchev–Trinajstić information content (AvgIpc) is 3.30. The first-order valence-corrected chi connectivity index (χ1v) is 27.4. The summed E-state index contributed by atoms with van der Waals surface area (Å²) >= 11 is 0. The minimum atomic E-state index is -0.792. The van der Waals surface area contributed by atoms with Crippen molar-refractivity contribution in [2.45, 2.75) is 271 Å². The molecule has 0 aliphatic rings. The molecule has 65 heavy (non-hydrogen) atoms. The van der Waals surface area contributed by atoms with Gasteiger partial charge in [0.2, 0.25) is 0 Å². The lowest BCUT2D eigenvalue weighted by Crippen LogP contribution is -2.30. The molecule has 0 fully saturated rings. The Hall–Kier alpha value is -3.15. The van der Waals surface area contributed by atoms with Crippen molar-refractivity contribution in [3.05, 3.63) is 72.9 Å². The van der Waals surface area contributed by atoms with Crippen molar-refractivity contribution < 1.29 is 28.6 Å². The van der Waals surface area contributed by atoms with E-state index in [9.17, 15) is 14.4 Å². The van der Waals surface area contributed by atoms with E-state index in [1.165, 1.54) is 96.3 Å². The van der Waals surface area contributed by atoms with Crippen molar-refractivity contribution >= 4 is 17.9 Å². The summed E-state index contributed by atoms with van der Waals surface area (Å²) in [5.74, 6) is -0.921. The van der Waals surface area contributed by atoms with Crippen molar-refractivity contribution in [3.8, 4) is 0 Å². The molecule has 0 aliphatic carbocycles. The molecule has 0 aromatic carbocycles. The largest absolute Gasteiger partial charge is 0.462 e. The number of unbranched alkanes of at least 4 members (excludes halogenated alkanes) is 26. The molecule has 0 aliphatic heterocycles. The molecule has 0 N–H and O–H groups in total. The van der Waals surface area contributed by atoms with Crippen LogP contribution in [0.4, 0.5) is 0 Å². The Labute approximate surface area is 402 Å². The smallest absolute Gasteiger partial charge is 0.306 e. The second kappa shape index (κ2) is 53.5. The molecule has 6 nitrogen and oxygen atoms in total. The summed E-state index contributed by atoms with van der Waals surface area (Å²) in [7, 11) is 0. The molecule has 0 aromatic rings. The van der Waals surface area contributed by atoms with Gasteiger partial charge in [0, 0.05) is 19.3 Å². The SMILES string of the molecule is CCC/C=C\C/C=C\CCCCCCCC(=O)OCC(COC(=O)CCCCCCCCC/C=C\C/C=C\CCCCCC)OC(=O)CCCCCCC/C=C\C/C=C\CCCCCC. The Balaban J connectivity index is 4.42. The number of esters is 3. The maximum atomic E-state index is 12.8. The molecule has 6 heteroatoms. The number of carbonyl (C=O) groups excluding carboxylic acids is 3. The van der Waals surface area contributed by atoms with Gasteiger partial charge in [-0.05, 0) is 109 Å². The van der Waals surface area contributed by atoms with E-state index in [0.717, 1.165) is 128 Å². The lowest BCUT2D eigenvalue weighted by molar-refractivity contribution is -0.167. The molecule has 374 valence electrons. The third kappa shape index (κ3) is 51.7. The highest BCUT2D eigenvalue weighted by molar-refractivity contribution is 5.71. The molecule has 0 saturated heterocycles. The molecule has 0 aromatic heterocycles. The Kier molecular flexibility index (Phi) is 50.9. The van der Waals surface area contributed by atoms with Gasteiger partial charge in [0.15, 0.2) is 6.10 Å². The molecular formula is C59H102O6. The zero-order valence-electron chi connectivity index (χ0n) is 42.7. The maximum Gasteiger partial charge on any atom is 0.306 e. The van der Waals surface area contributed by atoms with E-state index in [4.69, 9.17) is 14.2 Å². The molecule has 1 unspecified atom stereocenters. The van der Waals surface area contributed by atoms with Crippen LogP contribution in [0, 0.1) is 0 Å². The van der Waals surface area contributed by atoms with E-state index in [1.807, 2.05) is 0 Å². The first-order chi connectivity index (χ1) is 32.0. The van der Waals surface area contributed by atoms with Crippen LogP contribution in [0.15, 0.2) is 72.9 Å². The topological polar surface area (TPSA) is 78.9 Å². The Morgan fingerprint density at radius 1 is 0.308 bits per heavy atom. The van der Waals surface area contributed by atoms with Crippen LogP contribution in [0.25, 0.3) is 0 Å². The second-order valence-electron chi connectivity index (χ2n) is 18.1. The van der Waals surface area contributed by atoms with Gasteiger partial charge in [0.05, 0.1) is 0 Å². The molecule has 1 atom stereocenters. The zero-order chi connectivity index (χ0) is 47.2. The Morgan fingerprint density at radius 2 is 0.585 bits per heavy atom. The maximum absolute atomic E-state index is 12.8. The first-order valence-electron chi connectivity index (χ1n) is 27.4. The van der Waals surface area contributed by atoms with Crippen molar-refractivity contribution in [2.75, 3.05) is 13.2 Å². The monoisotopic (exact) mass is 907 g/mol. The van der Waals surface area contributed by atoms with Gasteiger partial charge in [-0.2, -0.15) is 0 Å². The molecule has 0 heterocycles. The summed E-state index contributed by atoms with van der Waals surface area (Å²) in [4.78, 5) is 38.1. The number of ether oxygens (including phenoxy) is 3. The van der Waals surface area contributed by atoms with Crippen LogP contribution in [0.2, 0.25) is 0 Å². The van der Waals surface area contributed by atoms with Crippen molar-refractivity contribution in [1.82, 2.24) is 0 Å². The molecule has 0 amide bonds. The molecule has 0 radical (unpaired) electrons. The summed E-state index contributed by atoms with van der Waals surface area (Å²) in [6.45, 7) is 6.52. The highest BCUT2D eigenvalue weighted by Crippen LogP contribution is 2.14. The summed E-state index contributed by atoms with van der Waals surface area (Å²) in [6, 6.07) is 0. The van der Waals surface area contributed by atoms with Gasteiger partial charge in [0.25, 0.3) is 0 Å². The first kappa shape index (κ1) is 61.9. The van der Waals surface area contributed by atoms with E-state index in [1.54, 1.807) is 0 Å². The van der Waals surface area contributed by atoms with Crippen LogP contribution < -0.4 is 0 Å². The van der Waals surface area contributed by atoms with Gasteiger partial charge >= 0.3 is 17.9 Å². The minimum Gasteiger partial charge on any atom is -0.462 e.